The smallest absolute Gasteiger partial charge is 0.306 e. The number of rotatable bonds is 8. The topological polar surface area (TPSA) is 145 Å². The third kappa shape index (κ3) is 7.52. The summed E-state index contributed by atoms with van der Waals surface area (Å²) in [5.74, 6) is 0.439. The molecule has 4 aliphatic rings. The molecule has 3 N–H and O–H groups in total. The van der Waals surface area contributed by atoms with Crippen LogP contribution < -0.4 is 5.73 Å². The van der Waals surface area contributed by atoms with E-state index >= 15 is 0 Å². The van der Waals surface area contributed by atoms with Crippen molar-refractivity contribution in [3.8, 4) is 0 Å². The molecule has 40 heavy (non-hydrogen) atoms. The van der Waals surface area contributed by atoms with Gasteiger partial charge in [-0.2, -0.15) is 0 Å². The Balaban J connectivity index is 0.000000312. The Bertz CT molecular complexity index is 1140. The van der Waals surface area contributed by atoms with Crippen molar-refractivity contribution in [2.75, 3.05) is 13.7 Å². The monoisotopic (exact) mass is 579 g/mol. The molecule has 1 aromatic rings. The zero-order valence-corrected chi connectivity index (χ0v) is 25.0. The molecule has 9 nitrogen and oxygen atoms in total. The number of hydrogen-bond acceptors (Lipinski definition) is 8. The lowest BCUT2D eigenvalue weighted by molar-refractivity contribution is -0.426. The van der Waals surface area contributed by atoms with Crippen molar-refractivity contribution in [3.05, 3.63) is 42.0 Å². The lowest BCUT2D eigenvalue weighted by atomic mass is 9.68. The van der Waals surface area contributed by atoms with Crippen LogP contribution in [0.4, 0.5) is 0 Å². The maximum atomic E-state index is 12.7. The molecule has 10 heteroatoms. The van der Waals surface area contributed by atoms with Crippen LogP contribution in [0.2, 0.25) is 0 Å². The lowest BCUT2D eigenvalue weighted by Crippen LogP contribution is -2.61. The van der Waals surface area contributed by atoms with Crippen LogP contribution >= 0.6 is 0 Å². The standard InChI is InChI=1S/C24H39NO5.C6H6O3S/c1-15(2)5-10-19-23(3,30-19)22-21(27-4)18(11-12-24(22)14-28-24)29-20(26)13-16-6-8-17(25)9-7-16;7-10(8,9)6-4-2-1-3-5-6/h5,16-19,21-22H,6-14,25H2,1-4H3;1-5H,(H,7,8,9)/t16?,17?,18?,19-,21?,22?,23-,24+;/m1./s1. The van der Waals surface area contributed by atoms with Gasteiger partial charge in [0.05, 0.1) is 29.6 Å². The second-order valence-electron chi connectivity index (χ2n) is 12.3. The minimum atomic E-state index is -4.25. The normalized spacial score (nSPS) is 36.6. The molecule has 1 aromatic carbocycles. The van der Waals surface area contributed by atoms with Gasteiger partial charge >= 0.3 is 5.97 Å². The Morgan fingerprint density at radius 2 is 1.80 bits per heavy atom. The molecule has 1 spiro atoms. The van der Waals surface area contributed by atoms with Gasteiger partial charge in [0, 0.05) is 13.5 Å². The molecule has 0 aromatic heterocycles. The maximum absolute atomic E-state index is 12.7. The first kappa shape index (κ1) is 31.1. The van der Waals surface area contributed by atoms with E-state index in [1.54, 1.807) is 13.2 Å². The Morgan fingerprint density at radius 1 is 1.15 bits per heavy atom. The van der Waals surface area contributed by atoms with E-state index < -0.39 is 10.1 Å². The zero-order chi connectivity index (χ0) is 29.1. The SMILES string of the molecule is COC1C(OC(=O)CC2CCC([NH3+])CC2)CC[C@]2(CO2)C1[C@]1(C)O[C@@H]1CC=C(C)C.O=S(=O)([O-])c1ccccc1. The summed E-state index contributed by atoms with van der Waals surface area (Å²) >= 11 is 0. The Kier molecular flexibility index (Phi) is 9.79. The van der Waals surface area contributed by atoms with Crippen LogP contribution in [0.1, 0.15) is 72.1 Å². The van der Waals surface area contributed by atoms with E-state index in [0.29, 0.717) is 18.4 Å². The molecule has 2 aliphatic carbocycles. The van der Waals surface area contributed by atoms with Gasteiger partial charge in [-0.3, -0.25) is 4.79 Å². The number of ether oxygens (including phenoxy) is 4. The third-order valence-electron chi connectivity index (χ3n) is 8.97. The van der Waals surface area contributed by atoms with E-state index in [4.69, 9.17) is 18.9 Å². The first-order valence-electron chi connectivity index (χ1n) is 14.4. The van der Waals surface area contributed by atoms with Crippen LogP contribution in [0.3, 0.4) is 0 Å². The maximum Gasteiger partial charge on any atom is 0.306 e. The van der Waals surface area contributed by atoms with Gasteiger partial charge in [-0.25, -0.2) is 8.42 Å². The Labute approximate surface area is 238 Å². The van der Waals surface area contributed by atoms with Gasteiger partial charge in [0.15, 0.2) is 0 Å². The van der Waals surface area contributed by atoms with Crippen molar-refractivity contribution >= 4 is 16.1 Å². The van der Waals surface area contributed by atoms with Crippen molar-refractivity contribution in [3.63, 3.8) is 0 Å². The predicted octanol–water partition coefficient (Wildman–Crippen LogP) is 3.39. The van der Waals surface area contributed by atoms with Gasteiger partial charge in [0.2, 0.25) is 0 Å². The first-order valence-corrected chi connectivity index (χ1v) is 15.8. The van der Waals surface area contributed by atoms with E-state index in [2.05, 4.69) is 32.6 Å². The highest BCUT2D eigenvalue weighted by molar-refractivity contribution is 7.85. The van der Waals surface area contributed by atoms with Crippen molar-refractivity contribution in [1.29, 1.82) is 0 Å². The molecular formula is C30H45NO8S. The molecule has 0 radical (unpaired) electrons. The molecule has 2 saturated carbocycles. The number of hydrogen-bond donors (Lipinski definition) is 1. The minimum absolute atomic E-state index is 0.0797. The first-order chi connectivity index (χ1) is 18.9. The highest BCUT2D eigenvalue weighted by atomic mass is 32.2. The molecule has 3 unspecified atom stereocenters. The van der Waals surface area contributed by atoms with E-state index in [-0.39, 0.29) is 46.3 Å². The van der Waals surface area contributed by atoms with Gasteiger partial charge in [-0.05, 0) is 83.8 Å². The van der Waals surface area contributed by atoms with Crippen molar-refractivity contribution in [2.45, 2.75) is 113 Å². The fourth-order valence-electron chi connectivity index (χ4n) is 6.55. The Hall–Kier alpha value is -1.82. The summed E-state index contributed by atoms with van der Waals surface area (Å²) in [6, 6.07) is 7.73. The third-order valence-corrected chi connectivity index (χ3v) is 9.82. The average molecular weight is 580 g/mol. The van der Waals surface area contributed by atoms with Crippen LogP contribution in [-0.4, -0.2) is 68.2 Å². The highest BCUT2D eigenvalue weighted by Crippen LogP contribution is 2.59. The van der Waals surface area contributed by atoms with Gasteiger partial charge in [0.1, 0.15) is 33.5 Å². The summed E-state index contributed by atoms with van der Waals surface area (Å²) in [7, 11) is -2.52. The van der Waals surface area contributed by atoms with Gasteiger partial charge in [0.25, 0.3) is 0 Å². The molecular weight excluding hydrogens is 534 g/mol. The van der Waals surface area contributed by atoms with E-state index in [0.717, 1.165) is 51.6 Å². The van der Waals surface area contributed by atoms with Crippen LogP contribution in [0, 0.1) is 11.8 Å². The summed E-state index contributed by atoms with van der Waals surface area (Å²) in [4.78, 5) is 12.6. The largest absolute Gasteiger partial charge is 0.744 e. The van der Waals surface area contributed by atoms with Crippen LogP contribution in [0.15, 0.2) is 46.9 Å². The molecule has 0 amide bonds. The highest BCUT2D eigenvalue weighted by Gasteiger charge is 2.72. The average Bonchev–Trinajstić information content (AvgIpc) is 3.82. The van der Waals surface area contributed by atoms with Gasteiger partial charge in [-0.1, -0.05) is 29.8 Å². The fraction of sp³-hybridized carbons (Fsp3) is 0.700. The summed E-state index contributed by atoms with van der Waals surface area (Å²) in [5, 5.41) is 0. The van der Waals surface area contributed by atoms with Crippen molar-refractivity contribution < 1.29 is 42.4 Å². The van der Waals surface area contributed by atoms with E-state index in [1.165, 1.54) is 29.8 Å². The number of epoxide rings is 2. The number of carbonyl (C=O) groups excluding carboxylic acids is 1. The second-order valence-corrected chi connectivity index (χ2v) is 13.6. The molecule has 2 aliphatic heterocycles. The number of methoxy groups -OCH3 is 1. The summed E-state index contributed by atoms with van der Waals surface area (Å²) in [6.07, 6.45) is 9.50. The van der Waals surface area contributed by atoms with Crippen LogP contribution in [0.5, 0.6) is 0 Å². The fourth-order valence-corrected chi connectivity index (χ4v) is 7.04. The lowest BCUT2D eigenvalue weighted by Gasteiger charge is -2.42. The predicted molar refractivity (Wildman–Crippen MR) is 147 cm³/mol. The molecule has 2 saturated heterocycles. The summed E-state index contributed by atoms with van der Waals surface area (Å²) < 4.78 is 55.1. The quantitative estimate of drug-likeness (QED) is 0.213. The van der Waals surface area contributed by atoms with Crippen LogP contribution in [0.25, 0.3) is 0 Å². The molecule has 0 bridgehead atoms. The molecule has 5 rings (SSSR count). The molecule has 6 atom stereocenters. The summed E-state index contributed by atoms with van der Waals surface area (Å²) in [5.41, 5.74) is 4.99. The van der Waals surface area contributed by atoms with Crippen molar-refractivity contribution in [1.82, 2.24) is 0 Å². The second kappa shape index (κ2) is 12.6. The summed E-state index contributed by atoms with van der Waals surface area (Å²) in [6.45, 7) is 7.16. The van der Waals surface area contributed by atoms with Crippen molar-refractivity contribution in [2.24, 2.45) is 11.8 Å². The van der Waals surface area contributed by atoms with E-state index in [1.807, 2.05) is 0 Å². The zero-order valence-electron chi connectivity index (χ0n) is 24.2. The van der Waals surface area contributed by atoms with Gasteiger partial charge < -0.3 is 29.2 Å². The number of benzene rings is 1. The number of carbonyl (C=O) groups is 1. The Morgan fingerprint density at radius 3 is 2.33 bits per heavy atom. The molecule has 4 fully saturated rings. The van der Waals surface area contributed by atoms with Gasteiger partial charge in [-0.15, -0.1) is 0 Å². The molecule has 2 heterocycles. The van der Waals surface area contributed by atoms with Crippen LogP contribution in [-0.2, 0) is 33.9 Å². The number of quaternary nitrogens is 1. The molecule has 224 valence electrons. The minimum Gasteiger partial charge on any atom is -0.744 e. The number of esters is 1. The van der Waals surface area contributed by atoms with E-state index in [9.17, 15) is 17.8 Å². The number of allylic oxidation sites excluding steroid dienone is 1.